The Hall–Kier alpha value is -1.18. The monoisotopic (exact) mass is 246 g/mol. The van der Waals surface area contributed by atoms with Gasteiger partial charge in [-0.3, -0.25) is 0 Å². The molecule has 0 aliphatic heterocycles. The molecule has 0 unspecified atom stereocenters. The van der Waals surface area contributed by atoms with Crippen molar-refractivity contribution in [3.05, 3.63) is 21.9 Å². The predicted octanol–water partition coefficient (Wildman–Crippen LogP) is 3.10. The van der Waals surface area contributed by atoms with E-state index in [1.807, 2.05) is 0 Å². The Morgan fingerprint density at radius 3 is 2.07 bits per heavy atom. The van der Waals surface area contributed by atoms with Crippen molar-refractivity contribution in [3.63, 3.8) is 0 Å². The maximum absolute atomic E-state index is 12.6. The molecule has 8 heteroatoms. The molecular formula is C7H3F5O2S. The lowest BCUT2D eigenvalue weighted by Crippen LogP contribution is -2.32. The lowest BCUT2D eigenvalue weighted by molar-refractivity contribution is -0.287. The highest BCUT2D eigenvalue weighted by Gasteiger charge is 2.59. The molecule has 0 aromatic carbocycles. The standard InChI is InChI=1S/C7H3F5O2S/c8-6(9,7(10,11)12)4-2-1-3(15-4)5(13)14/h1-2H,(H,13,14). The van der Waals surface area contributed by atoms with E-state index in [1.54, 1.807) is 0 Å². The summed E-state index contributed by atoms with van der Waals surface area (Å²) < 4.78 is 60.8. The molecule has 0 fully saturated rings. The Kier molecular flexibility index (Phi) is 2.73. The second-order valence-corrected chi connectivity index (χ2v) is 3.62. The Bertz CT molecular complexity index is 381. The molecule has 1 rings (SSSR count). The summed E-state index contributed by atoms with van der Waals surface area (Å²) in [6.45, 7) is 0. The molecule has 2 nitrogen and oxygen atoms in total. The quantitative estimate of drug-likeness (QED) is 0.814. The van der Waals surface area contributed by atoms with Gasteiger partial charge in [0.05, 0.1) is 4.88 Å². The van der Waals surface area contributed by atoms with E-state index in [0.29, 0.717) is 12.1 Å². The molecule has 1 heterocycles. The molecular weight excluding hydrogens is 243 g/mol. The zero-order valence-electron chi connectivity index (χ0n) is 6.81. The molecule has 1 aromatic heterocycles. The number of rotatable bonds is 2. The molecule has 1 aromatic rings. The van der Waals surface area contributed by atoms with Crippen LogP contribution in [0.15, 0.2) is 12.1 Å². The third kappa shape index (κ3) is 2.09. The van der Waals surface area contributed by atoms with Crippen LogP contribution in [-0.4, -0.2) is 17.3 Å². The summed E-state index contributed by atoms with van der Waals surface area (Å²) in [5, 5.41) is 8.35. The van der Waals surface area contributed by atoms with Crippen LogP contribution in [0.3, 0.4) is 0 Å². The number of halogens is 5. The van der Waals surface area contributed by atoms with Crippen molar-refractivity contribution in [1.29, 1.82) is 0 Å². The molecule has 0 aliphatic carbocycles. The summed E-state index contributed by atoms with van der Waals surface area (Å²) in [5.74, 6) is -6.55. The number of carboxylic acids is 1. The number of hydrogen-bond acceptors (Lipinski definition) is 2. The number of hydrogen-bond donors (Lipinski definition) is 1. The van der Waals surface area contributed by atoms with Gasteiger partial charge in [-0.2, -0.15) is 22.0 Å². The molecule has 0 radical (unpaired) electrons. The van der Waals surface area contributed by atoms with Crippen LogP contribution < -0.4 is 0 Å². The van der Waals surface area contributed by atoms with Crippen molar-refractivity contribution in [1.82, 2.24) is 0 Å². The largest absolute Gasteiger partial charge is 0.477 e. The van der Waals surface area contributed by atoms with E-state index in [4.69, 9.17) is 5.11 Å². The average Bonchev–Trinajstić information content (AvgIpc) is 2.49. The molecule has 0 saturated carbocycles. The maximum Gasteiger partial charge on any atom is 0.458 e. The smallest absolute Gasteiger partial charge is 0.458 e. The zero-order chi connectivity index (χ0) is 11.9. The van der Waals surface area contributed by atoms with Crippen molar-refractivity contribution in [2.24, 2.45) is 0 Å². The number of aromatic carboxylic acids is 1. The highest BCUT2D eigenvalue weighted by atomic mass is 32.1. The van der Waals surface area contributed by atoms with Gasteiger partial charge in [-0.05, 0) is 12.1 Å². The van der Waals surface area contributed by atoms with E-state index in [2.05, 4.69) is 0 Å². The first kappa shape index (κ1) is 11.9. The van der Waals surface area contributed by atoms with Crippen LogP contribution in [-0.2, 0) is 5.92 Å². The summed E-state index contributed by atoms with van der Waals surface area (Å²) in [5.41, 5.74) is 0. The Morgan fingerprint density at radius 2 is 1.73 bits per heavy atom. The summed E-state index contributed by atoms with van der Waals surface area (Å²) in [6, 6.07) is 1.17. The van der Waals surface area contributed by atoms with Crippen LogP contribution in [0.1, 0.15) is 14.5 Å². The predicted molar refractivity (Wildman–Crippen MR) is 41.2 cm³/mol. The van der Waals surface area contributed by atoms with Gasteiger partial charge in [0.25, 0.3) is 0 Å². The van der Waals surface area contributed by atoms with Gasteiger partial charge in [-0.1, -0.05) is 0 Å². The minimum atomic E-state index is -5.71. The first-order valence-corrected chi connectivity index (χ1v) is 4.26. The SMILES string of the molecule is O=C(O)c1ccc(C(F)(F)C(F)(F)F)s1. The second kappa shape index (κ2) is 3.44. The van der Waals surface area contributed by atoms with Gasteiger partial charge in [0.1, 0.15) is 4.88 Å². The molecule has 84 valence electrons. The van der Waals surface area contributed by atoms with Gasteiger partial charge in [-0.15, -0.1) is 11.3 Å². The molecule has 0 spiro atoms. The minimum Gasteiger partial charge on any atom is -0.477 e. The van der Waals surface area contributed by atoms with E-state index >= 15 is 0 Å². The third-order valence-electron chi connectivity index (χ3n) is 1.48. The molecule has 0 atom stereocenters. The van der Waals surface area contributed by atoms with Crippen LogP contribution in [0.4, 0.5) is 22.0 Å². The number of thiophene rings is 1. The lowest BCUT2D eigenvalue weighted by atomic mass is 10.2. The zero-order valence-corrected chi connectivity index (χ0v) is 7.62. The van der Waals surface area contributed by atoms with E-state index < -0.39 is 27.8 Å². The van der Waals surface area contributed by atoms with Crippen molar-refractivity contribution >= 4 is 17.3 Å². The second-order valence-electron chi connectivity index (χ2n) is 2.54. The van der Waals surface area contributed by atoms with Gasteiger partial charge in [0, 0.05) is 0 Å². The van der Waals surface area contributed by atoms with Crippen LogP contribution >= 0.6 is 11.3 Å². The fourth-order valence-electron chi connectivity index (χ4n) is 0.761. The topological polar surface area (TPSA) is 37.3 Å². The van der Waals surface area contributed by atoms with Gasteiger partial charge in [-0.25, -0.2) is 4.79 Å². The summed E-state index contributed by atoms with van der Waals surface area (Å²) in [4.78, 5) is 8.39. The molecule has 0 aliphatic rings. The van der Waals surface area contributed by atoms with E-state index in [9.17, 15) is 26.7 Å². The first-order valence-electron chi connectivity index (χ1n) is 3.44. The van der Waals surface area contributed by atoms with Crippen molar-refractivity contribution in [2.45, 2.75) is 12.1 Å². The molecule has 0 saturated heterocycles. The molecule has 0 bridgehead atoms. The lowest BCUT2D eigenvalue weighted by Gasteiger charge is -2.17. The summed E-state index contributed by atoms with van der Waals surface area (Å²) in [6.07, 6.45) is -5.71. The third-order valence-corrected chi connectivity index (χ3v) is 2.63. The fourth-order valence-corrected chi connectivity index (χ4v) is 1.60. The van der Waals surface area contributed by atoms with Gasteiger partial charge < -0.3 is 5.11 Å². The van der Waals surface area contributed by atoms with Gasteiger partial charge in [0.2, 0.25) is 0 Å². The van der Waals surface area contributed by atoms with Crippen LogP contribution in [0.5, 0.6) is 0 Å². The van der Waals surface area contributed by atoms with Crippen molar-refractivity contribution in [3.8, 4) is 0 Å². The molecule has 1 N–H and O–H groups in total. The normalized spacial score (nSPS) is 12.9. The average molecular weight is 246 g/mol. The first-order chi connectivity index (χ1) is 6.66. The highest BCUT2D eigenvalue weighted by molar-refractivity contribution is 7.14. The minimum absolute atomic E-state index is 0.0947. The van der Waals surface area contributed by atoms with Gasteiger partial charge in [0.15, 0.2) is 0 Å². The Labute approximate surface area is 84.0 Å². The van der Waals surface area contributed by atoms with E-state index in [0.717, 1.165) is 0 Å². The van der Waals surface area contributed by atoms with Crippen LogP contribution in [0.2, 0.25) is 0 Å². The van der Waals surface area contributed by atoms with Crippen LogP contribution in [0.25, 0.3) is 0 Å². The van der Waals surface area contributed by atoms with E-state index in [-0.39, 0.29) is 11.3 Å². The van der Waals surface area contributed by atoms with Crippen molar-refractivity contribution < 1.29 is 31.9 Å². The number of carbonyl (C=O) groups is 1. The van der Waals surface area contributed by atoms with E-state index in [1.165, 1.54) is 0 Å². The van der Waals surface area contributed by atoms with Crippen molar-refractivity contribution in [2.75, 3.05) is 0 Å². The summed E-state index contributed by atoms with van der Waals surface area (Å²) in [7, 11) is 0. The Balaban J connectivity index is 3.11. The Morgan fingerprint density at radius 1 is 1.20 bits per heavy atom. The number of alkyl halides is 5. The molecule has 15 heavy (non-hydrogen) atoms. The van der Waals surface area contributed by atoms with Crippen LogP contribution in [0, 0.1) is 0 Å². The fraction of sp³-hybridized carbons (Fsp3) is 0.286. The highest BCUT2D eigenvalue weighted by Crippen LogP contribution is 2.46. The van der Waals surface area contributed by atoms with Gasteiger partial charge >= 0.3 is 18.1 Å². The maximum atomic E-state index is 12.6. The summed E-state index contributed by atoms with van der Waals surface area (Å²) >= 11 is -0.0947. The molecule has 0 amide bonds. The number of carboxylic acid groups (broad SMARTS) is 1.